The maximum atomic E-state index is 12.3. The van der Waals surface area contributed by atoms with Crippen LogP contribution in [0, 0.1) is 0 Å². The average molecular weight is 403 g/mol. The van der Waals surface area contributed by atoms with Crippen LogP contribution in [0.15, 0.2) is 53.7 Å². The maximum absolute atomic E-state index is 12.3. The number of nitrogens with zero attached hydrogens (tertiary/aromatic N) is 3. The van der Waals surface area contributed by atoms with E-state index in [0.29, 0.717) is 28.2 Å². The monoisotopic (exact) mass is 402 g/mol. The van der Waals surface area contributed by atoms with Crippen LogP contribution >= 0.6 is 23.4 Å². The lowest BCUT2D eigenvalue weighted by Crippen LogP contribution is -2.15. The molecule has 0 aliphatic carbocycles. The fraction of sp³-hybridized carbons (Fsp3) is 0.211. The Morgan fingerprint density at radius 3 is 2.63 bits per heavy atom. The fourth-order valence-electron chi connectivity index (χ4n) is 2.56. The van der Waals surface area contributed by atoms with Gasteiger partial charge >= 0.3 is 0 Å². The molecule has 27 heavy (non-hydrogen) atoms. The second kappa shape index (κ2) is 8.92. The second-order valence-corrected chi connectivity index (χ2v) is 6.97. The number of rotatable bonds is 7. The summed E-state index contributed by atoms with van der Waals surface area (Å²) < 4.78 is 7.23. The highest BCUT2D eigenvalue weighted by molar-refractivity contribution is 7.99. The van der Waals surface area contributed by atoms with Gasteiger partial charge in [0.25, 0.3) is 0 Å². The summed E-state index contributed by atoms with van der Waals surface area (Å²) >= 11 is 7.29. The van der Waals surface area contributed by atoms with Crippen LogP contribution in [0.25, 0.3) is 11.4 Å². The van der Waals surface area contributed by atoms with Crippen LogP contribution < -0.4 is 10.1 Å². The number of amides is 1. The predicted octanol–water partition coefficient (Wildman–Crippen LogP) is 4.36. The van der Waals surface area contributed by atoms with Gasteiger partial charge in [-0.25, -0.2) is 0 Å². The van der Waals surface area contributed by atoms with Gasteiger partial charge in [-0.2, -0.15) is 0 Å². The Labute approximate surface area is 166 Å². The zero-order chi connectivity index (χ0) is 19.2. The van der Waals surface area contributed by atoms with Gasteiger partial charge in [0.1, 0.15) is 5.75 Å². The molecular weight excluding hydrogens is 384 g/mol. The van der Waals surface area contributed by atoms with E-state index in [2.05, 4.69) is 15.5 Å². The van der Waals surface area contributed by atoms with Crippen molar-refractivity contribution in [2.75, 3.05) is 18.2 Å². The summed E-state index contributed by atoms with van der Waals surface area (Å²) in [6, 6.07) is 14.7. The second-order valence-electron chi connectivity index (χ2n) is 5.59. The summed E-state index contributed by atoms with van der Waals surface area (Å²) in [6.07, 6.45) is 0. The molecule has 1 heterocycles. The molecule has 3 aromatic rings. The van der Waals surface area contributed by atoms with E-state index >= 15 is 0 Å². The molecule has 6 nitrogen and oxygen atoms in total. The van der Waals surface area contributed by atoms with Crippen molar-refractivity contribution >= 4 is 35.0 Å². The number of ether oxygens (including phenoxy) is 1. The summed E-state index contributed by atoms with van der Waals surface area (Å²) in [5.74, 6) is 1.46. The van der Waals surface area contributed by atoms with E-state index in [9.17, 15) is 4.79 Å². The van der Waals surface area contributed by atoms with Crippen molar-refractivity contribution in [3.8, 4) is 17.1 Å². The highest BCUT2D eigenvalue weighted by atomic mass is 35.5. The van der Waals surface area contributed by atoms with Gasteiger partial charge in [0.2, 0.25) is 5.91 Å². The lowest BCUT2D eigenvalue weighted by Gasteiger charge is -2.10. The molecule has 0 aliphatic rings. The lowest BCUT2D eigenvalue weighted by atomic mass is 10.2. The van der Waals surface area contributed by atoms with E-state index in [1.807, 2.05) is 47.9 Å². The molecule has 0 saturated heterocycles. The Morgan fingerprint density at radius 2 is 1.93 bits per heavy atom. The zero-order valence-corrected chi connectivity index (χ0v) is 16.5. The number of para-hydroxylation sites is 2. The first-order valence-corrected chi connectivity index (χ1v) is 9.73. The SMILES string of the molecule is CCn1c(SCC(=O)Nc2ccccc2OC)nnc1-c1ccc(Cl)cc1. The topological polar surface area (TPSA) is 69.0 Å². The van der Waals surface area contributed by atoms with Gasteiger partial charge in [-0.3, -0.25) is 4.79 Å². The molecule has 0 fully saturated rings. The number of carbonyl (C=O) groups is 1. The van der Waals surface area contributed by atoms with Gasteiger partial charge in [-0.15, -0.1) is 10.2 Å². The number of hydrogen-bond acceptors (Lipinski definition) is 5. The van der Waals surface area contributed by atoms with Crippen molar-refractivity contribution in [2.45, 2.75) is 18.6 Å². The van der Waals surface area contributed by atoms with Crippen molar-refractivity contribution in [3.05, 3.63) is 53.6 Å². The first kappa shape index (κ1) is 19.3. The number of nitrogens with one attached hydrogen (secondary N) is 1. The molecule has 1 aromatic heterocycles. The first-order valence-electron chi connectivity index (χ1n) is 8.37. The van der Waals surface area contributed by atoms with Gasteiger partial charge in [-0.1, -0.05) is 35.5 Å². The van der Waals surface area contributed by atoms with E-state index < -0.39 is 0 Å². The molecule has 0 atom stereocenters. The van der Waals surface area contributed by atoms with Crippen LogP contribution in [0.1, 0.15) is 6.92 Å². The lowest BCUT2D eigenvalue weighted by molar-refractivity contribution is -0.113. The zero-order valence-electron chi connectivity index (χ0n) is 15.0. The number of thioether (sulfide) groups is 1. The first-order chi connectivity index (χ1) is 13.1. The molecule has 0 saturated carbocycles. The van der Waals surface area contributed by atoms with Crippen molar-refractivity contribution in [1.29, 1.82) is 0 Å². The third kappa shape index (κ3) is 4.61. The number of benzene rings is 2. The van der Waals surface area contributed by atoms with Crippen LogP contribution in [-0.2, 0) is 11.3 Å². The molecule has 0 aliphatic heterocycles. The largest absolute Gasteiger partial charge is 0.495 e. The Bertz CT molecular complexity index is 928. The number of carbonyl (C=O) groups excluding carboxylic acids is 1. The van der Waals surface area contributed by atoms with Crippen LogP contribution in [0.3, 0.4) is 0 Å². The smallest absolute Gasteiger partial charge is 0.234 e. The summed E-state index contributed by atoms with van der Waals surface area (Å²) in [5, 5.41) is 12.7. The third-order valence-corrected chi connectivity index (χ3v) is 5.07. The molecule has 8 heteroatoms. The molecular formula is C19H19ClN4O2S. The van der Waals surface area contributed by atoms with Crippen LogP contribution in [0.2, 0.25) is 5.02 Å². The van der Waals surface area contributed by atoms with Gasteiger partial charge in [0.15, 0.2) is 11.0 Å². The van der Waals surface area contributed by atoms with Crippen molar-refractivity contribution in [2.24, 2.45) is 0 Å². The molecule has 2 aromatic carbocycles. The number of methoxy groups -OCH3 is 1. The number of hydrogen-bond donors (Lipinski definition) is 1. The normalized spacial score (nSPS) is 10.6. The van der Waals surface area contributed by atoms with E-state index in [4.69, 9.17) is 16.3 Å². The van der Waals surface area contributed by atoms with Crippen molar-refractivity contribution in [3.63, 3.8) is 0 Å². The third-order valence-electron chi connectivity index (χ3n) is 3.85. The van der Waals surface area contributed by atoms with Crippen molar-refractivity contribution in [1.82, 2.24) is 14.8 Å². The number of anilines is 1. The molecule has 3 rings (SSSR count). The van der Waals surface area contributed by atoms with Crippen LogP contribution in [0.5, 0.6) is 5.75 Å². The summed E-state index contributed by atoms with van der Waals surface area (Å²) in [5.41, 5.74) is 1.57. The molecule has 0 bridgehead atoms. The minimum atomic E-state index is -0.136. The molecule has 140 valence electrons. The van der Waals surface area contributed by atoms with E-state index in [1.54, 1.807) is 19.2 Å². The minimum Gasteiger partial charge on any atom is -0.495 e. The Morgan fingerprint density at radius 1 is 1.19 bits per heavy atom. The molecule has 0 unspecified atom stereocenters. The van der Waals surface area contributed by atoms with Crippen LogP contribution in [0.4, 0.5) is 5.69 Å². The standard InChI is InChI=1S/C19H19ClN4O2S/c1-3-24-18(13-8-10-14(20)11-9-13)22-23-19(24)27-12-17(25)21-15-6-4-5-7-16(15)26-2/h4-11H,3,12H2,1-2H3,(H,21,25). The van der Waals surface area contributed by atoms with Gasteiger partial charge in [0.05, 0.1) is 18.6 Å². The quantitative estimate of drug-likeness (QED) is 0.594. The van der Waals surface area contributed by atoms with E-state index in [1.165, 1.54) is 11.8 Å². The van der Waals surface area contributed by atoms with Gasteiger partial charge in [-0.05, 0) is 43.3 Å². The van der Waals surface area contributed by atoms with Crippen molar-refractivity contribution < 1.29 is 9.53 Å². The number of aromatic nitrogens is 3. The molecule has 1 amide bonds. The van der Waals surface area contributed by atoms with Gasteiger partial charge < -0.3 is 14.6 Å². The predicted molar refractivity (Wildman–Crippen MR) is 108 cm³/mol. The Hall–Kier alpha value is -2.51. The summed E-state index contributed by atoms with van der Waals surface area (Å²) in [7, 11) is 1.57. The fourth-order valence-corrected chi connectivity index (χ4v) is 3.49. The Kier molecular flexibility index (Phi) is 6.36. The summed E-state index contributed by atoms with van der Waals surface area (Å²) in [6.45, 7) is 2.71. The summed E-state index contributed by atoms with van der Waals surface area (Å²) in [4.78, 5) is 12.3. The Balaban J connectivity index is 1.69. The average Bonchev–Trinajstić information content (AvgIpc) is 3.10. The molecule has 1 N–H and O–H groups in total. The van der Waals surface area contributed by atoms with Gasteiger partial charge in [0, 0.05) is 17.1 Å². The van der Waals surface area contributed by atoms with E-state index in [0.717, 1.165) is 11.4 Å². The highest BCUT2D eigenvalue weighted by Crippen LogP contribution is 2.26. The molecule has 0 spiro atoms. The maximum Gasteiger partial charge on any atom is 0.234 e. The minimum absolute atomic E-state index is 0.136. The highest BCUT2D eigenvalue weighted by Gasteiger charge is 2.15. The van der Waals surface area contributed by atoms with E-state index in [-0.39, 0.29) is 11.7 Å². The van der Waals surface area contributed by atoms with Crippen LogP contribution in [-0.4, -0.2) is 33.5 Å². The number of halogens is 1. The molecule has 0 radical (unpaired) electrons.